The topological polar surface area (TPSA) is 130 Å². The van der Waals surface area contributed by atoms with Crippen molar-refractivity contribution >= 4 is 56.4 Å². The van der Waals surface area contributed by atoms with E-state index < -0.39 is 39.3 Å². The summed E-state index contributed by atoms with van der Waals surface area (Å²) in [5, 5.41) is 15.0. The van der Waals surface area contributed by atoms with Crippen LogP contribution in [0.1, 0.15) is 39.2 Å². The SMILES string of the molecule is CCC(C)NC(=O)C(CC)N(Cc1ccc(Cl)c(Cl)c1)C(=O)CN(c1cccc([N+](=O)[O-])c1)S(=O)(=O)c1ccccc1. The number of carbonyl (C=O) groups excluding carboxylic acids is 2. The number of non-ortho nitro benzene ring substituents is 1. The van der Waals surface area contributed by atoms with E-state index in [2.05, 4.69) is 5.32 Å². The minimum absolute atomic E-state index is 0.0731. The van der Waals surface area contributed by atoms with Crippen LogP contribution in [-0.2, 0) is 26.2 Å². The molecular formula is C29H32Cl2N4O6S. The second kappa shape index (κ2) is 14.5. The molecule has 0 radical (unpaired) electrons. The summed E-state index contributed by atoms with van der Waals surface area (Å²) in [7, 11) is -4.36. The molecule has 0 fully saturated rings. The quantitative estimate of drug-likeness (QED) is 0.186. The van der Waals surface area contributed by atoms with Crippen LogP contribution in [0, 0.1) is 10.1 Å². The molecule has 3 aromatic carbocycles. The standard InChI is InChI=1S/C29H32Cl2N4O6S/c1-4-20(3)32-29(37)27(5-2)33(18-21-14-15-25(30)26(31)16-21)28(36)19-34(22-10-9-11-23(17-22)35(38)39)42(40,41)24-12-7-6-8-13-24/h6-17,20,27H,4-5,18-19H2,1-3H3,(H,32,37). The maximum Gasteiger partial charge on any atom is 0.271 e. The summed E-state index contributed by atoms with van der Waals surface area (Å²) in [6.45, 7) is 4.69. The smallest absolute Gasteiger partial charge is 0.271 e. The fourth-order valence-corrected chi connectivity index (χ4v) is 5.95. The van der Waals surface area contributed by atoms with Crippen LogP contribution in [0.3, 0.4) is 0 Å². The van der Waals surface area contributed by atoms with Gasteiger partial charge in [-0.25, -0.2) is 8.42 Å². The molecule has 3 rings (SSSR count). The number of rotatable bonds is 13. The Bertz CT molecular complexity index is 1540. The van der Waals surface area contributed by atoms with Crippen LogP contribution >= 0.6 is 23.2 Å². The number of carbonyl (C=O) groups is 2. The van der Waals surface area contributed by atoms with E-state index in [0.29, 0.717) is 17.0 Å². The van der Waals surface area contributed by atoms with Crippen LogP contribution in [0.25, 0.3) is 0 Å². The van der Waals surface area contributed by atoms with E-state index in [4.69, 9.17) is 23.2 Å². The van der Waals surface area contributed by atoms with E-state index >= 15 is 0 Å². The molecule has 1 N–H and O–H groups in total. The lowest BCUT2D eigenvalue weighted by molar-refractivity contribution is -0.384. The molecule has 0 aliphatic carbocycles. The zero-order chi connectivity index (χ0) is 31.0. The summed E-state index contributed by atoms with van der Waals surface area (Å²) in [6.07, 6.45) is 0.899. The summed E-state index contributed by atoms with van der Waals surface area (Å²) in [6, 6.07) is 16.1. The molecule has 0 aromatic heterocycles. The first-order chi connectivity index (χ1) is 19.9. The molecule has 0 heterocycles. The highest BCUT2D eigenvalue weighted by Gasteiger charge is 2.34. The van der Waals surface area contributed by atoms with Gasteiger partial charge in [0.05, 0.1) is 25.6 Å². The molecule has 2 amide bonds. The fraction of sp³-hybridized carbons (Fsp3) is 0.310. The average molecular weight is 636 g/mol. The predicted octanol–water partition coefficient (Wildman–Crippen LogP) is 5.82. The Morgan fingerprint density at radius 3 is 2.24 bits per heavy atom. The highest BCUT2D eigenvalue weighted by atomic mass is 35.5. The molecule has 0 bridgehead atoms. The summed E-state index contributed by atoms with van der Waals surface area (Å²) >= 11 is 12.3. The van der Waals surface area contributed by atoms with Crippen molar-refractivity contribution in [3.63, 3.8) is 0 Å². The molecule has 0 saturated carbocycles. The van der Waals surface area contributed by atoms with Crippen LogP contribution in [0.15, 0.2) is 77.7 Å². The Balaban J connectivity index is 2.11. The van der Waals surface area contributed by atoms with Gasteiger partial charge in [-0.05, 0) is 55.7 Å². The number of nitro benzene ring substituents is 1. The van der Waals surface area contributed by atoms with Gasteiger partial charge >= 0.3 is 0 Å². The summed E-state index contributed by atoms with van der Waals surface area (Å²) in [5.41, 5.74) is 0.147. The van der Waals surface area contributed by atoms with Crippen molar-refractivity contribution in [1.29, 1.82) is 0 Å². The first-order valence-corrected chi connectivity index (χ1v) is 15.4. The van der Waals surface area contributed by atoms with E-state index in [1.165, 1.54) is 47.4 Å². The number of hydrogen-bond acceptors (Lipinski definition) is 6. The maximum atomic E-state index is 14.1. The van der Waals surface area contributed by atoms with E-state index in [0.717, 1.165) is 10.4 Å². The number of hydrogen-bond donors (Lipinski definition) is 1. The van der Waals surface area contributed by atoms with Gasteiger partial charge < -0.3 is 10.2 Å². The molecule has 224 valence electrons. The van der Waals surface area contributed by atoms with Gasteiger partial charge in [0.15, 0.2) is 0 Å². The van der Waals surface area contributed by atoms with Gasteiger partial charge in [0.1, 0.15) is 12.6 Å². The van der Waals surface area contributed by atoms with Gasteiger partial charge in [-0.15, -0.1) is 0 Å². The third-order valence-electron chi connectivity index (χ3n) is 6.66. The van der Waals surface area contributed by atoms with Gasteiger partial charge in [-0.2, -0.15) is 0 Å². The largest absolute Gasteiger partial charge is 0.352 e. The first kappa shape index (κ1) is 32.8. The molecule has 0 saturated heterocycles. The summed E-state index contributed by atoms with van der Waals surface area (Å²) in [4.78, 5) is 39.4. The molecule has 3 aromatic rings. The number of nitrogens with one attached hydrogen (secondary N) is 1. The minimum atomic E-state index is -4.36. The van der Waals surface area contributed by atoms with Crippen molar-refractivity contribution < 1.29 is 22.9 Å². The second-order valence-corrected chi connectivity index (χ2v) is 12.3. The minimum Gasteiger partial charge on any atom is -0.352 e. The number of benzene rings is 3. The molecule has 13 heteroatoms. The Hall–Kier alpha value is -3.67. The van der Waals surface area contributed by atoms with Crippen LogP contribution in [0.5, 0.6) is 0 Å². The number of halogens is 2. The maximum absolute atomic E-state index is 14.1. The van der Waals surface area contributed by atoms with Gasteiger partial charge in [0, 0.05) is 24.7 Å². The molecule has 0 aliphatic heterocycles. The van der Waals surface area contributed by atoms with E-state index in [9.17, 15) is 28.1 Å². The zero-order valence-electron chi connectivity index (χ0n) is 23.4. The van der Waals surface area contributed by atoms with Gasteiger partial charge in [-0.1, -0.05) is 67.4 Å². The number of nitro groups is 1. The third-order valence-corrected chi connectivity index (χ3v) is 9.19. The first-order valence-electron chi connectivity index (χ1n) is 13.2. The molecular weight excluding hydrogens is 603 g/mol. The monoisotopic (exact) mass is 634 g/mol. The summed E-state index contributed by atoms with van der Waals surface area (Å²) < 4.78 is 28.5. The molecule has 2 unspecified atom stereocenters. The third kappa shape index (κ3) is 7.99. The fourth-order valence-electron chi connectivity index (χ4n) is 4.21. The molecule has 0 aliphatic rings. The van der Waals surface area contributed by atoms with E-state index in [-0.39, 0.29) is 40.3 Å². The Labute approximate surface area is 255 Å². The van der Waals surface area contributed by atoms with Gasteiger partial charge in [0.2, 0.25) is 11.8 Å². The Morgan fingerprint density at radius 2 is 1.64 bits per heavy atom. The Kier molecular flexibility index (Phi) is 11.3. The summed E-state index contributed by atoms with van der Waals surface area (Å²) in [5.74, 6) is -1.09. The Morgan fingerprint density at radius 1 is 0.952 bits per heavy atom. The highest BCUT2D eigenvalue weighted by Crippen LogP contribution is 2.28. The van der Waals surface area contributed by atoms with E-state index in [1.54, 1.807) is 31.2 Å². The lowest BCUT2D eigenvalue weighted by Crippen LogP contribution is -2.53. The number of sulfonamides is 1. The van der Waals surface area contributed by atoms with Gasteiger partial charge in [0.25, 0.3) is 15.7 Å². The number of nitrogens with zero attached hydrogens (tertiary/aromatic N) is 3. The lowest BCUT2D eigenvalue weighted by atomic mass is 10.1. The predicted molar refractivity (Wildman–Crippen MR) is 163 cm³/mol. The average Bonchev–Trinajstić information content (AvgIpc) is 2.97. The molecule has 0 spiro atoms. The molecule has 10 nitrogen and oxygen atoms in total. The number of anilines is 1. The highest BCUT2D eigenvalue weighted by molar-refractivity contribution is 7.92. The molecule has 2 atom stereocenters. The second-order valence-electron chi connectivity index (χ2n) is 9.61. The van der Waals surface area contributed by atoms with Crippen LogP contribution in [-0.4, -0.2) is 48.7 Å². The van der Waals surface area contributed by atoms with Crippen LogP contribution in [0.2, 0.25) is 10.0 Å². The van der Waals surface area contributed by atoms with Crippen molar-refractivity contribution in [3.8, 4) is 0 Å². The zero-order valence-corrected chi connectivity index (χ0v) is 25.7. The molecule has 42 heavy (non-hydrogen) atoms. The van der Waals surface area contributed by atoms with E-state index in [1.807, 2.05) is 13.8 Å². The number of amides is 2. The van der Waals surface area contributed by atoms with Crippen molar-refractivity contribution in [2.45, 2.75) is 57.1 Å². The van der Waals surface area contributed by atoms with Crippen molar-refractivity contribution in [3.05, 3.63) is 98.5 Å². The normalized spacial score (nSPS) is 12.7. The van der Waals surface area contributed by atoms with Gasteiger partial charge in [-0.3, -0.25) is 24.0 Å². The lowest BCUT2D eigenvalue weighted by Gasteiger charge is -2.33. The van der Waals surface area contributed by atoms with Crippen molar-refractivity contribution in [2.24, 2.45) is 0 Å². The van der Waals surface area contributed by atoms with Crippen LogP contribution in [0.4, 0.5) is 11.4 Å². The van der Waals surface area contributed by atoms with Crippen molar-refractivity contribution in [1.82, 2.24) is 10.2 Å². The van der Waals surface area contributed by atoms with Crippen molar-refractivity contribution in [2.75, 3.05) is 10.8 Å². The van der Waals surface area contributed by atoms with Crippen LogP contribution < -0.4 is 9.62 Å².